The van der Waals surface area contributed by atoms with Crippen LogP contribution in [0.4, 0.5) is 15.8 Å². The van der Waals surface area contributed by atoms with E-state index in [1.165, 1.54) is 24.1 Å². The Balaban J connectivity index is 1.75. The van der Waals surface area contributed by atoms with E-state index in [4.69, 9.17) is 4.74 Å². The van der Waals surface area contributed by atoms with Crippen LogP contribution < -0.4 is 10.2 Å². The normalized spacial score (nSPS) is 16.5. The van der Waals surface area contributed by atoms with E-state index in [1.807, 2.05) is 0 Å². The largest absolute Gasteiger partial charge is 0.368 e. The van der Waals surface area contributed by atoms with Crippen molar-refractivity contribution in [3.05, 3.63) is 59.9 Å². The molecule has 1 aliphatic heterocycles. The van der Waals surface area contributed by atoms with Gasteiger partial charge in [-0.2, -0.15) is 0 Å². The molecule has 0 radical (unpaired) electrons. The highest BCUT2D eigenvalue weighted by molar-refractivity contribution is 6.06. The SMILES string of the molecule is CN(C(=O)c1cccc(NC(=O)[C@H]2CCCO2)c1)c1ccccc1F. The Morgan fingerprint density at radius 2 is 2.00 bits per heavy atom. The van der Waals surface area contributed by atoms with Crippen molar-refractivity contribution in [3.63, 3.8) is 0 Å². The number of nitrogens with one attached hydrogen (secondary N) is 1. The minimum Gasteiger partial charge on any atom is -0.368 e. The molecule has 0 saturated carbocycles. The third-order valence-corrected chi connectivity index (χ3v) is 4.12. The number of halogens is 1. The monoisotopic (exact) mass is 342 g/mol. The quantitative estimate of drug-likeness (QED) is 0.928. The predicted molar refractivity (Wildman–Crippen MR) is 93.2 cm³/mol. The van der Waals surface area contributed by atoms with E-state index < -0.39 is 11.9 Å². The molecule has 1 heterocycles. The van der Waals surface area contributed by atoms with E-state index in [0.29, 0.717) is 24.3 Å². The zero-order chi connectivity index (χ0) is 17.8. The van der Waals surface area contributed by atoms with Crippen molar-refractivity contribution < 1.29 is 18.7 Å². The Morgan fingerprint density at radius 3 is 2.72 bits per heavy atom. The number of para-hydroxylation sites is 1. The first-order valence-electron chi connectivity index (χ1n) is 8.11. The molecule has 3 rings (SSSR count). The molecule has 0 aliphatic carbocycles. The number of hydrogen-bond donors (Lipinski definition) is 1. The van der Waals surface area contributed by atoms with Gasteiger partial charge < -0.3 is 15.0 Å². The molecule has 0 aromatic heterocycles. The molecule has 0 spiro atoms. The Morgan fingerprint density at radius 1 is 1.20 bits per heavy atom. The van der Waals surface area contributed by atoms with Crippen molar-refractivity contribution >= 4 is 23.2 Å². The molecule has 130 valence electrons. The number of ether oxygens (including phenoxy) is 1. The number of hydrogen-bond acceptors (Lipinski definition) is 3. The lowest BCUT2D eigenvalue weighted by Crippen LogP contribution is -2.28. The van der Waals surface area contributed by atoms with E-state index in [-0.39, 0.29) is 17.5 Å². The molecule has 1 aliphatic rings. The van der Waals surface area contributed by atoms with Gasteiger partial charge in [-0.3, -0.25) is 9.59 Å². The lowest BCUT2D eigenvalue weighted by molar-refractivity contribution is -0.124. The van der Waals surface area contributed by atoms with Crippen molar-refractivity contribution in [2.45, 2.75) is 18.9 Å². The molecule has 6 heteroatoms. The second kappa shape index (κ2) is 7.44. The van der Waals surface area contributed by atoms with Crippen LogP contribution in [0.1, 0.15) is 23.2 Å². The van der Waals surface area contributed by atoms with Crippen molar-refractivity contribution in [3.8, 4) is 0 Å². The molecule has 1 atom stereocenters. The van der Waals surface area contributed by atoms with Crippen molar-refractivity contribution in [1.82, 2.24) is 0 Å². The fourth-order valence-electron chi connectivity index (χ4n) is 2.76. The van der Waals surface area contributed by atoms with Gasteiger partial charge in [0.05, 0.1) is 5.69 Å². The third-order valence-electron chi connectivity index (χ3n) is 4.12. The molecule has 0 unspecified atom stereocenters. The van der Waals surface area contributed by atoms with Gasteiger partial charge in [-0.1, -0.05) is 18.2 Å². The summed E-state index contributed by atoms with van der Waals surface area (Å²) in [5.41, 5.74) is 1.06. The third kappa shape index (κ3) is 3.85. The van der Waals surface area contributed by atoms with E-state index >= 15 is 0 Å². The Hall–Kier alpha value is -2.73. The molecule has 2 aromatic rings. The highest BCUT2D eigenvalue weighted by atomic mass is 19.1. The van der Waals surface area contributed by atoms with Gasteiger partial charge in [-0.25, -0.2) is 4.39 Å². The van der Waals surface area contributed by atoms with Crippen LogP contribution in [-0.4, -0.2) is 31.6 Å². The van der Waals surface area contributed by atoms with E-state index in [0.717, 1.165) is 6.42 Å². The van der Waals surface area contributed by atoms with Gasteiger partial charge in [0.15, 0.2) is 0 Å². The first-order valence-corrected chi connectivity index (χ1v) is 8.11. The van der Waals surface area contributed by atoms with Gasteiger partial charge in [-0.15, -0.1) is 0 Å². The lowest BCUT2D eigenvalue weighted by atomic mass is 10.1. The molecule has 5 nitrogen and oxygen atoms in total. The van der Waals surface area contributed by atoms with Crippen LogP contribution in [0, 0.1) is 5.82 Å². The van der Waals surface area contributed by atoms with E-state index in [2.05, 4.69) is 5.32 Å². The van der Waals surface area contributed by atoms with Gasteiger partial charge in [0.1, 0.15) is 11.9 Å². The van der Waals surface area contributed by atoms with Gasteiger partial charge in [0, 0.05) is 24.9 Å². The highest BCUT2D eigenvalue weighted by Crippen LogP contribution is 2.21. The first kappa shape index (κ1) is 17.1. The summed E-state index contributed by atoms with van der Waals surface area (Å²) in [6, 6.07) is 12.7. The van der Waals surface area contributed by atoms with Crippen molar-refractivity contribution in [2.75, 3.05) is 23.9 Å². The van der Waals surface area contributed by atoms with E-state index in [1.54, 1.807) is 36.4 Å². The van der Waals surface area contributed by atoms with Gasteiger partial charge in [0.2, 0.25) is 0 Å². The topological polar surface area (TPSA) is 58.6 Å². The zero-order valence-electron chi connectivity index (χ0n) is 13.9. The average Bonchev–Trinajstić information content (AvgIpc) is 3.16. The highest BCUT2D eigenvalue weighted by Gasteiger charge is 2.24. The number of carbonyl (C=O) groups excluding carboxylic acids is 2. The summed E-state index contributed by atoms with van der Waals surface area (Å²) in [6.07, 6.45) is 1.12. The molecule has 2 aromatic carbocycles. The number of benzene rings is 2. The van der Waals surface area contributed by atoms with Crippen molar-refractivity contribution in [1.29, 1.82) is 0 Å². The smallest absolute Gasteiger partial charge is 0.258 e. The number of anilines is 2. The van der Waals surface area contributed by atoms with Gasteiger partial charge >= 0.3 is 0 Å². The molecule has 1 saturated heterocycles. The number of rotatable bonds is 4. The van der Waals surface area contributed by atoms with Crippen LogP contribution in [0.5, 0.6) is 0 Å². The standard InChI is InChI=1S/C19H19FN2O3/c1-22(16-9-3-2-8-15(16)20)19(24)13-6-4-7-14(12-13)21-18(23)17-10-5-11-25-17/h2-4,6-9,12,17H,5,10-11H2,1H3,(H,21,23)/t17-/m1/s1. The maximum atomic E-state index is 13.9. The van der Waals surface area contributed by atoms with Crippen LogP contribution in [-0.2, 0) is 9.53 Å². The van der Waals surface area contributed by atoms with Crippen molar-refractivity contribution in [2.24, 2.45) is 0 Å². The molecule has 25 heavy (non-hydrogen) atoms. The Labute approximate surface area is 145 Å². The maximum Gasteiger partial charge on any atom is 0.258 e. The summed E-state index contributed by atoms with van der Waals surface area (Å²) in [5, 5.41) is 2.76. The summed E-state index contributed by atoms with van der Waals surface area (Å²) in [6.45, 7) is 0.587. The summed E-state index contributed by atoms with van der Waals surface area (Å²) in [4.78, 5) is 26.0. The summed E-state index contributed by atoms with van der Waals surface area (Å²) in [7, 11) is 1.51. The lowest BCUT2D eigenvalue weighted by Gasteiger charge is -2.18. The minimum absolute atomic E-state index is 0.196. The number of nitrogens with zero attached hydrogens (tertiary/aromatic N) is 1. The van der Waals surface area contributed by atoms with Crippen LogP contribution in [0.25, 0.3) is 0 Å². The molecule has 1 fully saturated rings. The fraction of sp³-hybridized carbons (Fsp3) is 0.263. The van der Waals surface area contributed by atoms with Crippen LogP contribution in [0.15, 0.2) is 48.5 Å². The predicted octanol–water partition coefficient (Wildman–Crippen LogP) is 3.22. The van der Waals surface area contributed by atoms with Crippen LogP contribution >= 0.6 is 0 Å². The van der Waals surface area contributed by atoms with Crippen LogP contribution in [0.3, 0.4) is 0 Å². The Bertz CT molecular complexity index is 788. The molecule has 0 bridgehead atoms. The van der Waals surface area contributed by atoms with E-state index in [9.17, 15) is 14.0 Å². The second-order valence-electron chi connectivity index (χ2n) is 5.89. The van der Waals surface area contributed by atoms with Gasteiger partial charge in [-0.05, 0) is 43.2 Å². The summed E-state index contributed by atoms with van der Waals surface area (Å²) >= 11 is 0. The Kier molecular flexibility index (Phi) is 5.09. The molecular formula is C19H19FN2O3. The zero-order valence-corrected chi connectivity index (χ0v) is 13.9. The number of amides is 2. The van der Waals surface area contributed by atoms with Crippen LogP contribution in [0.2, 0.25) is 0 Å². The summed E-state index contributed by atoms with van der Waals surface area (Å²) in [5.74, 6) is -1.05. The maximum absolute atomic E-state index is 13.9. The molecule has 1 N–H and O–H groups in total. The molecular weight excluding hydrogens is 323 g/mol. The second-order valence-corrected chi connectivity index (χ2v) is 5.89. The van der Waals surface area contributed by atoms with Gasteiger partial charge in [0.25, 0.3) is 11.8 Å². The minimum atomic E-state index is -0.471. The summed E-state index contributed by atoms with van der Waals surface area (Å²) < 4.78 is 19.2. The molecule has 2 amide bonds. The first-order chi connectivity index (χ1) is 12.1. The number of carbonyl (C=O) groups is 2. The average molecular weight is 342 g/mol. The fourth-order valence-corrected chi connectivity index (χ4v) is 2.76.